The molecule has 0 amide bonds. The number of aliphatic hydroxyl groups is 1. The van der Waals surface area contributed by atoms with Crippen LogP contribution in [0.4, 0.5) is 8.78 Å². The number of aliphatic hydroxyl groups excluding tert-OH is 1. The molecule has 1 saturated carbocycles. The Hall–Kier alpha value is -0.960. The Balaban J connectivity index is 2.10. The quantitative estimate of drug-likeness (QED) is 0.880. The van der Waals surface area contributed by atoms with Gasteiger partial charge in [0.05, 0.1) is 6.10 Å². The van der Waals surface area contributed by atoms with E-state index in [1.165, 1.54) is 6.07 Å². The smallest absolute Gasteiger partial charge is 0.162 e. The van der Waals surface area contributed by atoms with Crippen LogP contribution in [0.25, 0.3) is 0 Å². The lowest BCUT2D eigenvalue weighted by Gasteiger charge is -2.35. The SMILES string of the molecule is CC(C)C1CCC(O)C(Cc2cccc(F)c2F)C1. The minimum atomic E-state index is -0.803. The van der Waals surface area contributed by atoms with Gasteiger partial charge < -0.3 is 5.11 Å². The van der Waals surface area contributed by atoms with Crippen LogP contribution >= 0.6 is 0 Å². The summed E-state index contributed by atoms with van der Waals surface area (Å²) < 4.78 is 26.9. The second kappa shape index (κ2) is 6.00. The summed E-state index contributed by atoms with van der Waals surface area (Å²) in [6, 6.07) is 4.28. The standard InChI is InChI=1S/C16H22F2O/c1-10(2)11-6-7-15(19)13(8-11)9-12-4-3-5-14(17)16(12)18/h3-5,10-11,13,15,19H,6-9H2,1-2H3. The molecule has 19 heavy (non-hydrogen) atoms. The summed E-state index contributed by atoms with van der Waals surface area (Å²) in [5.74, 6) is -0.376. The lowest BCUT2D eigenvalue weighted by molar-refractivity contribution is 0.0374. The van der Waals surface area contributed by atoms with Crippen molar-refractivity contribution in [1.29, 1.82) is 0 Å². The van der Waals surface area contributed by atoms with E-state index >= 15 is 0 Å². The zero-order valence-corrected chi connectivity index (χ0v) is 11.6. The van der Waals surface area contributed by atoms with E-state index in [2.05, 4.69) is 13.8 Å². The number of benzene rings is 1. The van der Waals surface area contributed by atoms with Crippen LogP contribution in [0.15, 0.2) is 18.2 Å². The molecule has 1 aromatic rings. The van der Waals surface area contributed by atoms with Crippen molar-refractivity contribution in [3.63, 3.8) is 0 Å². The summed E-state index contributed by atoms with van der Waals surface area (Å²) in [6.07, 6.45) is 2.73. The second-order valence-electron chi connectivity index (χ2n) is 6.06. The van der Waals surface area contributed by atoms with E-state index in [4.69, 9.17) is 0 Å². The van der Waals surface area contributed by atoms with Gasteiger partial charge in [0.2, 0.25) is 0 Å². The number of halogens is 2. The Morgan fingerprint density at radius 3 is 2.68 bits per heavy atom. The molecule has 0 aliphatic heterocycles. The summed E-state index contributed by atoms with van der Waals surface area (Å²) >= 11 is 0. The van der Waals surface area contributed by atoms with Gasteiger partial charge in [0.15, 0.2) is 11.6 Å². The molecule has 106 valence electrons. The molecule has 1 nitrogen and oxygen atoms in total. The maximum atomic E-state index is 13.7. The fraction of sp³-hybridized carbons (Fsp3) is 0.625. The van der Waals surface area contributed by atoms with Crippen molar-refractivity contribution < 1.29 is 13.9 Å². The zero-order chi connectivity index (χ0) is 14.0. The van der Waals surface area contributed by atoms with Crippen LogP contribution in [0.2, 0.25) is 0 Å². The van der Waals surface area contributed by atoms with Crippen LogP contribution in [0.5, 0.6) is 0 Å². The van der Waals surface area contributed by atoms with Crippen LogP contribution in [-0.2, 0) is 6.42 Å². The van der Waals surface area contributed by atoms with Crippen LogP contribution in [0, 0.1) is 29.4 Å². The summed E-state index contributed by atoms with van der Waals surface area (Å²) in [5, 5.41) is 10.1. The van der Waals surface area contributed by atoms with E-state index < -0.39 is 17.7 Å². The van der Waals surface area contributed by atoms with Gasteiger partial charge in [0, 0.05) is 0 Å². The molecule has 0 saturated heterocycles. The first kappa shape index (κ1) is 14.4. The summed E-state index contributed by atoms with van der Waals surface area (Å²) in [4.78, 5) is 0. The average molecular weight is 268 g/mol. The molecule has 2 rings (SSSR count). The van der Waals surface area contributed by atoms with Crippen molar-refractivity contribution in [3.05, 3.63) is 35.4 Å². The molecule has 1 fully saturated rings. The number of rotatable bonds is 3. The zero-order valence-electron chi connectivity index (χ0n) is 11.6. The lowest BCUT2D eigenvalue weighted by Crippen LogP contribution is -2.32. The highest BCUT2D eigenvalue weighted by molar-refractivity contribution is 5.19. The van der Waals surface area contributed by atoms with Crippen molar-refractivity contribution >= 4 is 0 Å². The molecule has 3 atom stereocenters. The first-order chi connectivity index (χ1) is 8.99. The Kier molecular flexibility index (Phi) is 4.56. The largest absolute Gasteiger partial charge is 0.393 e. The van der Waals surface area contributed by atoms with E-state index in [0.29, 0.717) is 23.8 Å². The second-order valence-corrected chi connectivity index (χ2v) is 6.06. The maximum absolute atomic E-state index is 13.7. The van der Waals surface area contributed by atoms with Crippen LogP contribution in [-0.4, -0.2) is 11.2 Å². The van der Waals surface area contributed by atoms with Gasteiger partial charge in [-0.05, 0) is 55.1 Å². The lowest BCUT2D eigenvalue weighted by atomic mass is 9.73. The van der Waals surface area contributed by atoms with Gasteiger partial charge in [0.1, 0.15) is 0 Å². The van der Waals surface area contributed by atoms with E-state index in [1.807, 2.05) is 0 Å². The highest BCUT2D eigenvalue weighted by Crippen LogP contribution is 2.36. The minimum Gasteiger partial charge on any atom is -0.393 e. The fourth-order valence-corrected chi connectivity index (χ4v) is 3.10. The third-order valence-electron chi connectivity index (χ3n) is 4.44. The Labute approximate surface area is 113 Å². The Morgan fingerprint density at radius 2 is 2.00 bits per heavy atom. The van der Waals surface area contributed by atoms with Gasteiger partial charge in [-0.2, -0.15) is 0 Å². The average Bonchev–Trinajstić information content (AvgIpc) is 2.37. The topological polar surface area (TPSA) is 20.2 Å². The molecular formula is C16H22F2O. The van der Waals surface area contributed by atoms with Gasteiger partial charge in [-0.25, -0.2) is 8.78 Å². The van der Waals surface area contributed by atoms with E-state index in [9.17, 15) is 13.9 Å². The van der Waals surface area contributed by atoms with Gasteiger partial charge in [0.25, 0.3) is 0 Å². The van der Waals surface area contributed by atoms with E-state index in [0.717, 1.165) is 25.3 Å². The maximum Gasteiger partial charge on any atom is 0.162 e. The number of hydrogen-bond acceptors (Lipinski definition) is 1. The molecule has 3 unspecified atom stereocenters. The predicted octanol–water partition coefficient (Wildman–Crippen LogP) is 3.94. The van der Waals surface area contributed by atoms with Gasteiger partial charge >= 0.3 is 0 Å². The van der Waals surface area contributed by atoms with Crippen LogP contribution < -0.4 is 0 Å². The normalized spacial score (nSPS) is 27.8. The van der Waals surface area contributed by atoms with Crippen molar-refractivity contribution in [2.75, 3.05) is 0 Å². The summed E-state index contributed by atoms with van der Waals surface area (Å²) in [6.45, 7) is 4.37. The molecule has 0 heterocycles. The van der Waals surface area contributed by atoms with Crippen molar-refractivity contribution in [1.82, 2.24) is 0 Å². The molecular weight excluding hydrogens is 246 g/mol. The van der Waals surface area contributed by atoms with Gasteiger partial charge in [-0.1, -0.05) is 26.0 Å². The van der Waals surface area contributed by atoms with Gasteiger partial charge in [-0.15, -0.1) is 0 Å². The third kappa shape index (κ3) is 3.33. The summed E-state index contributed by atoms with van der Waals surface area (Å²) in [7, 11) is 0. The Bertz CT molecular complexity index is 431. The fourth-order valence-electron chi connectivity index (χ4n) is 3.10. The van der Waals surface area contributed by atoms with E-state index in [-0.39, 0.29) is 5.92 Å². The molecule has 1 N–H and O–H groups in total. The highest BCUT2D eigenvalue weighted by Gasteiger charge is 2.31. The van der Waals surface area contributed by atoms with E-state index in [1.54, 1.807) is 6.07 Å². The molecule has 1 aliphatic rings. The molecule has 1 aliphatic carbocycles. The monoisotopic (exact) mass is 268 g/mol. The highest BCUT2D eigenvalue weighted by atomic mass is 19.2. The Morgan fingerprint density at radius 1 is 1.26 bits per heavy atom. The predicted molar refractivity (Wildman–Crippen MR) is 71.7 cm³/mol. The minimum absolute atomic E-state index is 0.0393. The molecule has 0 radical (unpaired) electrons. The summed E-state index contributed by atoms with van der Waals surface area (Å²) in [5.41, 5.74) is 0.383. The van der Waals surface area contributed by atoms with Gasteiger partial charge in [-0.3, -0.25) is 0 Å². The van der Waals surface area contributed by atoms with Crippen LogP contribution in [0.1, 0.15) is 38.7 Å². The van der Waals surface area contributed by atoms with Crippen molar-refractivity contribution in [2.24, 2.45) is 17.8 Å². The van der Waals surface area contributed by atoms with Crippen molar-refractivity contribution in [3.8, 4) is 0 Å². The third-order valence-corrected chi connectivity index (χ3v) is 4.44. The molecule has 0 spiro atoms. The first-order valence-electron chi connectivity index (χ1n) is 7.10. The molecule has 0 bridgehead atoms. The molecule has 0 aromatic heterocycles. The van der Waals surface area contributed by atoms with Crippen LogP contribution in [0.3, 0.4) is 0 Å². The number of hydrogen-bond donors (Lipinski definition) is 1. The molecule has 3 heteroatoms. The van der Waals surface area contributed by atoms with Crippen molar-refractivity contribution in [2.45, 2.75) is 45.6 Å². The first-order valence-corrected chi connectivity index (χ1v) is 7.10. The molecule has 1 aromatic carbocycles.